The zero-order valence-corrected chi connectivity index (χ0v) is 18.7. The summed E-state index contributed by atoms with van der Waals surface area (Å²) in [6.07, 6.45) is 5.69. The van der Waals surface area contributed by atoms with Gasteiger partial charge in [0.2, 0.25) is 11.8 Å². The largest absolute Gasteiger partial charge is 0.387 e. The highest BCUT2D eigenvalue weighted by Crippen LogP contribution is 2.69. The molecule has 0 aromatic carbocycles. The molecule has 5 aliphatic carbocycles. The lowest BCUT2D eigenvalue weighted by molar-refractivity contribution is -0.129. The molecule has 31 heavy (non-hydrogen) atoms. The van der Waals surface area contributed by atoms with E-state index in [4.69, 9.17) is 9.47 Å². The van der Waals surface area contributed by atoms with Crippen LogP contribution in [0.3, 0.4) is 0 Å². The number of fused-ring (bicyclic) bond motifs is 1. The quantitative estimate of drug-likeness (QED) is 0.459. The van der Waals surface area contributed by atoms with Crippen molar-refractivity contribution in [2.75, 3.05) is 13.2 Å². The Morgan fingerprint density at radius 1 is 1.23 bits per heavy atom. The summed E-state index contributed by atoms with van der Waals surface area (Å²) in [5, 5.41) is 16.6. The number of carbonyl (C=O) groups is 2. The van der Waals surface area contributed by atoms with E-state index >= 15 is 0 Å². The standard InChI is InChI=1S/C24H34N2O5/c1-12(26-20(28)10-30-14-5-6-17-18(8-14)31-17)4-7-19(27)25-11-24(3,29)23-21-15-9-16(13(15)2)22(21)23/h12-14,17-18,23,29H,4-11H2,1-3H3,(H,25,27)(H,26,28). The van der Waals surface area contributed by atoms with Crippen LogP contribution in [0.5, 0.6) is 0 Å². The number of hydrogen-bond donors (Lipinski definition) is 3. The van der Waals surface area contributed by atoms with Crippen molar-refractivity contribution >= 4 is 11.8 Å². The normalized spacial score (nSPS) is 31.4. The van der Waals surface area contributed by atoms with Gasteiger partial charge in [-0.1, -0.05) is 18.1 Å². The third-order valence-corrected chi connectivity index (χ3v) is 7.79. The molecule has 4 fully saturated rings. The lowest BCUT2D eigenvalue weighted by Gasteiger charge is -2.31. The topological polar surface area (TPSA) is 100 Å². The van der Waals surface area contributed by atoms with Crippen molar-refractivity contribution in [1.29, 1.82) is 0 Å². The van der Waals surface area contributed by atoms with E-state index < -0.39 is 5.60 Å². The number of aliphatic hydroxyl groups is 1. The molecule has 1 heterocycles. The predicted octanol–water partition coefficient (Wildman–Crippen LogP) is 1.75. The summed E-state index contributed by atoms with van der Waals surface area (Å²) in [6.45, 7) is 6.24. The van der Waals surface area contributed by atoms with E-state index in [2.05, 4.69) is 17.6 Å². The smallest absolute Gasteiger partial charge is 0.246 e. The van der Waals surface area contributed by atoms with E-state index in [0.717, 1.165) is 25.7 Å². The van der Waals surface area contributed by atoms with Gasteiger partial charge in [-0.15, -0.1) is 0 Å². The third-order valence-electron chi connectivity index (χ3n) is 7.79. The van der Waals surface area contributed by atoms with Gasteiger partial charge in [-0.3, -0.25) is 9.59 Å². The van der Waals surface area contributed by atoms with Crippen LogP contribution in [0.4, 0.5) is 0 Å². The zero-order valence-electron chi connectivity index (χ0n) is 18.7. The molecule has 170 valence electrons. The Balaban J connectivity index is 0.966. The van der Waals surface area contributed by atoms with E-state index in [-0.39, 0.29) is 43.0 Å². The second-order valence-corrected chi connectivity index (χ2v) is 10.3. The molecule has 1 aliphatic heterocycles. The highest BCUT2D eigenvalue weighted by atomic mass is 16.6. The minimum absolute atomic E-state index is 0.0527. The Morgan fingerprint density at radius 2 is 1.97 bits per heavy atom. The SMILES string of the molecule is CC(CCC(=O)NCC(C)(O)C1C2=C3CC(=C21)C3C)NC(=O)COC1CCC2OC2C1. The number of epoxide rings is 1. The van der Waals surface area contributed by atoms with E-state index in [1.807, 2.05) is 13.8 Å². The van der Waals surface area contributed by atoms with E-state index in [0.29, 0.717) is 31.0 Å². The Kier molecular flexibility index (Phi) is 5.26. The highest BCUT2D eigenvalue weighted by molar-refractivity contribution is 5.78. The van der Waals surface area contributed by atoms with Gasteiger partial charge in [0.1, 0.15) is 6.61 Å². The molecule has 2 amide bonds. The molecule has 0 aromatic rings. The molecular formula is C24H34N2O5. The van der Waals surface area contributed by atoms with Crippen LogP contribution < -0.4 is 10.6 Å². The molecule has 1 saturated heterocycles. The fourth-order valence-electron chi connectivity index (χ4n) is 5.72. The van der Waals surface area contributed by atoms with Crippen LogP contribution in [0.15, 0.2) is 22.3 Å². The average molecular weight is 431 g/mol. The van der Waals surface area contributed by atoms with Crippen LogP contribution >= 0.6 is 0 Å². The molecule has 2 bridgehead atoms. The number of rotatable bonds is 10. The van der Waals surface area contributed by atoms with Gasteiger partial charge in [0, 0.05) is 31.3 Å². The second-order valence-electron chi connectivity index (χ2n) is 10.3. The summed E-state index contributed by atoms with van der Waals surface area (Å²) < 4.78 is 11.2. The Labute approximate surface area is 183 Å². The first kappa shape index (κ1) is 21.2. The van der Waals surface area contributed by atoms with Crippen LogP contribution in [0, 0.1) is 11.8 Å². The van der Waals surface area contributed by atoms with Gasteiger partial charge in [-0.2, -0.15) is 0 Å². The fourth-order valence-corrected chi connectivity index (χ4v) is 5.72. The van der Waals surface area contributed by atoms with Gasteiger partial charge in [0.15, 0.2) is 0 Å². The van der Waals surface area contributed by atoms with Crippen molar-refractivity contribution in [3.63, 3.8) is 0 Å². The molecule has 3 saturated carbocycles. The maximum atomic E-state index is 12.3. The number of allylic oxidation sites excluding steroid dienone is 2. The van der Waals surface area contributed by atoms with Crippen LogP contribution in [0.1, 0.15) is 59.3 Å². The fraction of sp³-hybridized carbons (Fsp3) is 0.750. The van der Waals surface area contributed by atoms with Crippen molar-refractivity contribution in [2.24, 2.45) is 11.8 Å². The molecule has 0 spiro atoms. The van der Waals surface area contributed by atoms with Crippen LogP contribution in [-0.2, 0) is 19.1 Å². The molecule has 7 heteroatoms. The summed E-state index contributed by atoms with van der Waals surface area (Å²) in [5.41, 5.74) is 4.77. The van der Waals surface area contributed by atoms with Crippen molar-refractivity contribution in [1.82, 2.24) is 10.6 Å². The van der Waals surface area contributed by atoms with Gasteiger partial charge < -0.3 is 25.2 Å². The molecule has 5 atom stereocenters. The number of amides is 2. The average Bonchev–Trinajstić information content (AvgIpc) is 3.61. The first-order valence-electron chi connectivity index (χ1n) is 11.8. The van der Waals surface area contributed by atoms with Crippen molar-refractivity contribution in [3.8, 4) is 0 Å². The lowest BCUT2D eigenvalue weighted by atomic mass is 9.75. The monoisotopic (exact) mass is 430 g/mol. The molecule has 0 aromatic heterocycles. The Bertz CT molecular complexity index is 834. The molecular weight excluding hydrogens is 396 g/mol. The Morgan fingerprint density at radius 3 is 2.65 bits per heavy atom. The van der Waals surface area contributed by atoms with Crippen LogP contribution in [0.25, 0.3) is 0 Å². The minimum Gasteiger partial charge on any atom is -0.387 e. The first-order chi connectivity index (χ1) is 14.7. The van der Waals surface area contributed by atoms with Gasteiger partial charge >= 0.3 is 0 Å². The van der Waals surface area contributed by atoms with Crippen molar-refractivity contribution in [2.45, 2.75) is 89.3 Å². The van der Waals surface area contributed by atoms with Crippen LogP contribution in [-0.4, -0.2) is 60.0 Å². The Hall–Kier alpha value is -1.70. The molecule has 3 N–H and O–H groups in total. The number of ether oxygens (including phenoxy) is 2. The van der Waals surface area contributed by atoms with E-state index in [1.165, 1.54) is 22.3 Å². The highest BCUT2D eigenvalue weighted by Gasteiger charge is 2.60. The number of hydrogen-bond acceptors (Lipinski definition) is 5. The summed E-state index contributed by atoms with van der Waals surface area (Å²) in [6, 6.07) is -0.111. The predicted molar refractivity (Wildman–Crippen MR) is 114 cm³/mol. The molecule has 6 aliphatic rings. The van der Waals surface area contributed by atoms with Gasteiger partial charge in [0.05, 0.1) is 23.9 Å². The van der Waals surface area contributed by atoms with Gasteiger partial charge in [-0.25, -0.2) is 0 Å². The minimum atomic E-state index is -0.931. The maximum absolute atomic E-state index is 12.3. The van der Waals surface area contributed by atoms with Crippen molar-refractivity contribution in [3.05, 3.63) is 22.3 Å². The third kappa shape index (κ3) is 4.08. The molecule has 7 nitrogen and oxygen atoms in total. The van der Waals surface area contributed by atoms with E-state index in [1.54, 1.807) is 0 Å². The summed E-state index contributed by atoms with van der Waals surface area (Å²) in [4.78, 5) is 24.4. The van der Waals surface area contributed by atoms with Crippen molar-refractivity contribution < 1.29 is 24.2 Å². The molecule has 0 radical (unpaired) electrons. The van der Waals surface area contributed by atoms with Gasteiger partial charge in [-0.05, 0) is 56.6 Å². The first-order valence-corrected chi connectivity index (χ1v) is 11.8. The zero-order chi connectivity index (χ0) is 21.9. The van der Waals surface area contributed by atoms with Gasteiger partial charge in [0.25, 0.3) is 0 Å². The molecule has 6 rings (SSSR count). The summed E-state index contributed by atoms with van der Waals surface area (Å²) in [5.74, 6) is 0.462. The van der Waals surface area contributed by atoms with Crippen LogP contribution in [0.2, 0.25) is 0 Å². The van der Waals surface area contributed by atoms with E-state index in [9.17, 15) is 14.7 Å². The second kappa shape index (κ2) is 7.71. The lowest BCUT2D eigenvalue weighted by Crippen LogP contribution is -2.43. The number of nitrogens with one attached hydrogen (secondary N) is 2. The number of carbonyl (C=O) groups excluding carboxylic acids is 2. The molecule has 5 unspecified atom stereocenters. The summed E-state index contributed by atoms with van der Waals surface area (Å²) in [7, 11) is 0. The maximum Gasteiger partial charge on any atom is 0.246 e. The summed E-state index contributed by atoms with van der Waals surface area (Å²) >= 11 is 0.